The number of amides is 1. The van der Waals surface area contributed by atoms with Gasteiger partial charge in [-0.3, -0.25) is 4.79 Å². The first-order valence-electron chi connectivity index (χ1n) is 8.00. The molecule has 0 spiro atoms. The molecule has 2 aromatic heterocycles. The SMILES string of the molecule is CC(C)Nc1ncccc1C(=O)N1CCC(n2cncn2)CC1. The first kappa shape index (κ1) is 15.5. The minimum atomic E-state index is 0.0401. The molecule has 0 aliphatic carbocycles. The number of carbonyl (C=O) groups excluding carboxylic acids is 1. The molecular formula is C16H22N6O. The van der Waals surface area contributed by atoms with Gasteiger partial charge in [0, 0.05) is 25.3 Å². The average molecular weight is 314 g/mol. The molecule has 1 amide bonds. The van der Waals surface area contributed by atoms with Gasteiger partial charge in [0.05, 0.1) is 11.6 Å². The first-order valence-corrected chi connectivity index (χ1v) is 8.00. The molecule has 1 fully saturated rings. The van der Waals surface area contributed by atoms with Crippen LogP contribution >= 0.6 is 0 Å². The van der Waals surface area contributed by atoms with Gasteiger partial charge in [-0.25, -0.2) is 14.6 Å². The Morgan fingerprint density at radius 3 is 2.78 bits per heavy atom. The highest BCUT2D eigenvalue weighted by molar-refractivity contribution is 5.98. The van der Waals surface area contributed by atoms with E-state index in [2.05, 4.69) is 20.4 Å². The minimum Gasteiger partial charge on any atom is -0.367 e. The molecule has 7 heteroatoms. The maximum absolute atomic E-state index is 12.8. The van der Waals surface area contributed by atoms with E-state index < -0.39 is 0 Å². The standard InChI is InChI=1S/C16H22N6O/c1-12(2)20-15-14(4-3-7-18-15)16(23)21-8-5-13(6-9-21)22-11-17-10-19-22/h3-4,7,10-13H,5-6,8-9H2,1-2H3,(H,18,20). The molecule has 0 unspecified atom stereocenters. The summed E-state index contributed by atoms with van der Waals surface area (Å²) in [6.07, 6.45) is 6.79. The van der Waals surface area contributed by atoms with E-state index in [1.807, 2.05) is 29.5 Å². The lowest BCUT2D eigenvalue weighted by atomic mass is 10.0. The van der Waals surface area contributed by atoms with E-state index >= 15 is 0 Å². The van der Waals surface area contributed by atoms with E-state index in [0.717, 1.165) is 25.9 Å². The van der Waals surface area contributed by atoms with Crippen molar-refractivity contribution in [3.8, 4) is 0 Å². The molecule has 3 heterocycles. The lowest BCUT2D eigenvalue weighted by Crippen LogP contribution is -2.39. The maximum atomic E-state index is 12.8. The number of likely N-dealkylation sites (tertiary alicyclic amines) is 1. The third-order valence-corrected chi connectivity index (χ3v) is 4.03. The molecule has 1 aliphatic heterocycles. The number of nitrogens with one attached hydrogen (secondary N) is 1. The number of pyridine rings is 1. The first-order chi connectivity index (χ1) is 11.1. The number of piperidine rings is 1. The Bertz CT molecular complexity index is 646. The van der Waals surface area contributed by atoms with E-state index in [-0.39, 0.29) is 11.9 Å². The number of hydrogen-bond donors (Lipinski definition) is 1. The van der Waals surface area contributed by atoms with Gasteiger partial charge in [-0.05, 0) is 38.8 Å². The van der Waals surface area contributed by atoms with Gasteiger partial charge in [0.15, 0.2) is 0 Å². The Morgan fingerprint density at radius 1 is 1.35 bits per heavy atom. The number of rotatable bonds is 4. The summed E-state index contributed by atoms with van der Waals surface area (Å²) in [6.45, 7) is 5.51. The summed E-state index contributed by atoms with van der Waals surface area (Å²) >= 11 is 0. The van der Waals surface area contributed by atoms with Crippen molar-refractivity contribution in [3.05, 3.63) is 36.5 Å². The van der Waals surface area contributed by atoms with Crippen LogP contribution in [0.1, 0.15) is 43.1 Å². The molecule has 0 radical (unpaired) electrons. The Labute approximate surface area is 135 Å². The van der Waals surface area contributed by atoms with E-state index in [1.54, 1.807) is 24.9 Å². The van der Waals surface area contributed by atoms with Crippen LogP contribution < -0.4 is 5.32 Å². The van der Waals surface area contributed by atoms with E-state index in [1.165, 1.54) is 0 Å². The molecule has 0 bridgehead atoms. The molecule has 0 saturated carbocycles. The summed E-state index contributed by atoms with van der Waals surface area (Å²) < 4.78 is 1.89. The third-order valence-electron chi connectivity index (χ3n) is 4.03. The quantitative estimate of drug-likeness (QED) is 0.934. The zero-order valence-corrected chi connectivity index (χ0v) is 13.5. The van der Waals surface area contributed by atoms with Crippen LogP contribution in [0.4, 0.5) is 5.82 Å². The minimum absolute atomic E-state index is 0.0401. The highest BCUT2D eigenvalue weighted by Gasteiger charge is 2.26. The zero-order chi connectivity index (χ0) is 16.2. The van der Waals surface area contributed by atoms with Gasteiger partial charge in [0.25, 0.3) is 5.91 Å². The van der Waals surface area contributed by atoms with E-state index in [4.69, 9.17) is 0 Å². The topological polar surface area (TPSA) is 75.9 Å². The highest BCUT2D eigenvalue weighted by Crippen LogP contribution is 2.24. The fourth-order valence-corrected chi connectivity index (χ4v) is 2.88. The van der Waals surface area contributed by atoms with Gasteiger partial charge in [-0.2, -0.15) is 5.10 Å². The number of hydrogen-bond acceptors (Lipinski definition) is 5. The Kier molecular flexibility index (Phi) is 4.55. The fraction of sp³-hybridized carbons (Fsp3) is 0.500. The van der Waals surface area contributed by atoms with Crippen LogP contribution in [0.15, 0.2) is 31.0 Å². The smallest absolute Gasteiger partial charge is 0.257 e. The van der Waals surface area contributed by atoms with Crippen molar-refractivity contribution in [1.29, 1.82) is 0 Å². The van der Waals surface area contributed by atoms with Gasteiger partial charge in [0.2, 0.25) is 0 Å². The van der Waals surface area contributed by atoms with Crippen LogP contribution in [0.25, 0.3) is 0 Å². The van der Waals surface area contributed by atoms with Crippen LogP contribution in [-0.4, -0.2) is 49.7 Å². The van der Waals surface area contributed by atoms with Crippen LogP contribution in [-0.2, 0) is 0 Å². The van der Waals surface area contributed by atoms with Crippen LogP contribution in [0.5, 0.6) is 0 Å². The lowest BCUT2D eigenvalue weighted by molar-refractivity contribution is 0.0690. The average Bonchev–Trinajstić information content (AvgIpc) is 3.09. The number of anilines is 1. The van der Waals surface area contributed by atoms with Gasteiger partial charge >= 0.3 is 0 Å². The second-order valence-electron chi connectivity index (χ2n) is 6.10. The zero-order valence-electron chi connectivity index (χ0n) is 13.5. The van der Waals surface area contributed by atoms with Crippen LogP contribution in [0.3, 0.4) is 0 Å². The lowest BCUT2D eigenvalue weighted by Gasteiger charge is -2.32. The van der Waals surface area contributed by atoms with Gasteiger partial charge in [0.1, 0.15) is 18.5 Å². The largest absolute Gasteiger partial charge is 0.367 e. The molecule has 1 N–H and O–H groups in total. The monoisotopic (exact) mass is 314 g/mol. The molecular weight excluding hydrogens is 292 g/mol. The molecule has 1 saturated heterocycles. The number of carbonyl (C=O) groups is 1. The maximum Gasteiger partial charge on any atom is 0.257 e. The predicted molar refractivity (Wildman–Crippen MR) is 87.2 cm³/mol. The molecule has 0 atom stereocenters. The van der Waals surface area contributed by atoms with Gasteiger partial charge in [-0.1, -0.05) is 0 Å². The van der Waals surface area contributed by atoms with Crippen molar-refractivity contribution in [2.24, 2.45) is 0 Å². The highest BCUT2D eigenvalue weighted by atomic mass is 16.2. The van der Waals surface area contributed by atoms with Gasteiger partial charge < -0.3 is 10.2 Å². The summed E-state index contributed by atoms with van der Waals surface area (Å²) in [4.78, 5) is 23.0. The Hall–Kier alpha value is -2.44. The van der Waals surface area contributed by atoms with E-state index in [0.29, 0.717) is 17.4 Å². The van der Waals surface area contributed by atoms with Crippen molar-refractivity contribution in [3.63, 3.8) is 0 Å². The van der Waals surface area contributed by atoms with Crippen molar-refractivity contribution in [2.45, 2.75) is 38.8 Å². The number of aromatic nitrogens is 4. The van der Waals surface area contributed by atoms with Crippen molar-refractivity contribution in [1.82, 2.24) is 24.6 Å². The molecule has 0 aromatic carbocycles. The fourth-order valence-electron chi connectivity index (χ4n) is 2.88. The molecule has 7 nitrogen and oxygen atoms in total. The molecule has 23 heavy (non-hydrogen) atoms. The van der Waals surface area contributed by atoms with Crippen LogP contribution in [0.2, 0.25) is 0 Å². The molecule has 2 aromatic rings. The molecule has 3 rings (SSSR count). The second kappa shape index (κ2) is 6.76. The Morgan fingerprint density at radius 2 is 2.13 bits per heavy atom. The second-order valence-corrected chi connectivity index (χ2v) is 6.10. The van der Waals surface area contributed by atoms with E-state index in [9.17, 15) is 4.79 Å². The van der Waals surface area contributed by atoms with Crippen molar-refractivity contribution in [2.75, 3.05) is 18.4 Å². The number of nitrogens with zero attached hydrogens (tertiary/aromatic N) is 5. The predicted octanol–water partition coefficient (Wildman–Crippen LogP) is 1.97. The van der Waals surface area contributed by atoms with Crippen LogP contribution in [0, 0.1) is 0 Å². The normalized spacial score (nSPS) is 15.9. The summed E-state index contributed by atoms with van der Waals surface area (Å²) in [5.74, 6) is 0.698. The van der Waals surface area contributed by atoms with Crippen molar-refractivity contribution >= 4 is 11.7 Å². The Balaban J connectivity index is 1.68. The van der Waals surface area contributed by atoms with Gasteiger partial charge in [-0.15, -0.1) is 0 Å². The summed E-state index contributed by atoms with van der Waals surface area (Å²) in [6, 6.07) is 4.20. The van der Waals surface area contributed by atoms with Crippen molar-refractivity contribution < 1.29 is 4.79 Å². The molecule has 122 valence electrons. The summed E-state index contributed by atoms with van der Waals surface area (Å²) in [7, 11) is 0. The summed E-state index contributed by atoms with van der Waals surface area (Å²) in [5.41, 5.74) is 0.639. The third kappa shape index (κ3) is 3.49. The summed E-state index contributed by atoms with van der Waals surface area (Å²) in [5, 5.41) is 7.44. The molecule has 1 aliphatic rings.